The van der Waals surface area contributed by atoms with Crippen LogP contribution in [-0.2, 0) is 16.1 Å². The van der Waals surface area contributed by atoms with E-state index in [4.69, 9.17) is 9.47 Å². The highest BCUT2D eigenvalue weighted by Crippen LogP contribution is 2.00. The number of rotatable bonds is 9. The van der Waals surface area contributed by atoms with E-state index in [1.165, 1.54) is 5.56 Å². The molecule has 0 aliphatic heterocycles. The normalized spacial score (nSPS) is 11.1. The minimum atomic E-state index is 0.362. The van der Waals surface area contributed by atoms with Crippen LogP contribution < -0.4 is 0 Å². The van der Waals surface area contributed by atoms with E-state index >= 15 is 0 Å². The van der Waals surface area contributed by atoms with Crippen molar-refractivity contribution in [3.8, 4) is 0 Å². The van der Waals surface area contributed by atoms with Crippen LogP contribution in [0.25, 0.3) is 0 Å². The van der Waals surface area contributed by atoms with Crippen molar-refractivity contribution in [2.45, 2.75) is 19.4 Å². The van der Waals surface area contributed by atoms with E-state index in [2.05, 4.69) is 28.1 Å². The third-order valence-corrected chi connectivity index (χ3v) is 2.61. The molecule has 0 fully saturated rings. The first-order valence-electron chi connectivity index (χ1n) is 5.84. The second-order valence-electron chi connectivity index (χ2n) is 3.60. The molecular formula is C14H19BrO2. The molecule has 0 spiro atoms. The van der Waals surface area contributed by atoms with Gasteiger partial charge in [0.15, 0.2) is 0 Å². The van der Waals surface area contributed by atoms with Crippen molar-refractivity contribution >= 4 is 15.9 Å². The van der Waals surface area contributed by atoms with Gasteiger partial charge in [-0.15, -0.1) is 0 Å². The smallest absolute Gasteiger partial charge is 0.147 e. The molecule has 0 aromatic heterocycles. The largest absolute Gasteiger partial charge is 0.355 e. The molecule has 0 unspecified atom stereocenters. The van der Waals surface area contributed by atoms with Crippen LogP contribution in [-0.4, -0.2) is 18.7 Å². The maximum absolute atomic E-state index is 5.39. The number of benzene rings is 1. The summed E-state index contributed by atoms with van der Waals surface area (Å²) in [5.41, 5.74) is 1.17. The summed E-state index contributed by atoms with van der Waals surface area (Å²) in [6.45, 7) is 1.69. The molecule has 2 nitrogen and oxygen atoms in total. The zero-order chi connectivity index (χ0) is 12.2. The number of allylic oxidation sites excluding steroid dienone is 1. The van der Waals surface area contributed by atoms with Crippen LogP contribution in [0.5, 0.6) is 0 Å². The lowest BCUT2D eigenvalue weighted by molar-refractivity contribution is -0.0600. The molecule has 0 aliphatic carbocycles. The van der Waals surface area contributed by atoms with Crippen LogP contribution in [0, 0.1) is 0 Å². The van der Waals surface area contributed by atoms with Crippen molar-refractivity contribution in [3.05, 3.63) is 48.0 Å². The monoisotopic (exact) mass is 298 g/mol. The standard InChI is InChI=1S/C14H19BrO2/c15-10-6-1-2-7-11-16-13-17-12-14-8-4-3-5-9-14/h1-5,8-9H,6-7,10-13H2/b2-1-. The zero-order valence-corrected chi connectivity index (χ0v) is 11.6. The van der Waals surface area contributed by atoms with Gasteiger partial charge in [-0.1, -0.05) is 58.4 Å². The minimum absolute atomic E-state index is 0.362. The van der Waals surface area contributed by atoms with Gasteiger partial charge < -0.3 is 9.47 Å². The average Bonchev–Trinajstić information content (AvgIpc) is 2.38. The van der Waals surface area contributed by atoms with Gasteiger partial charge in [0, 0.05) is 5.33 Å². The fourth-order valence-electron chi connectivity index (χ4n) is 1.30. The summed E-state index contributed by atoms with van der Waals surface area (Å²) in [6.07, 6.45) is 6.31. The Morgan fingerprint density at radius 1 is 1.00 bits per heavy atom. The molecule has 0 bridgehead atoms. The van der Waals surface area contributed by atoms with Crippen LogP contribution >= 0.6 is 15.9 Å². The fourth-order valence-corrected chi connectivity index (χ4v) is 1.57. The summed E-state index contributed by atoms with van der Waals surface area (Å²) in [6, 6.07) is 10.1. The molecule has 0 saturated heterocycles. The Balaban J connectivity index is 1.91. The van der Waals surface area contributed by atoms with E-state index in [0.717, 1.165) is 18.2 Å². The van der Waals surface area contributed by atoms with Crippen molar-refractivity contribution in [2.75, 3.05) is 18.7 Å². The van der Waals surface area contributed by atoms with Gasteiger partial charge in [0.25, 0.3) is 0 Å². The van der Waals surface area contributed by atoms with Gasteiger partial charge in [-0.05, 0) is 18.4 Å². The lowest BCUT2D eigenvalue weighted by Crippen LogP contribution is -2.01. The summed E-state index contributed by atoms with van der Waals surface area (Å²) in [4.78, 5) is 0. The summed E-state index contributed by atoms with van der Waals surface area (Å²) < 4.78 is 10.7. The average molecular weight is 299 g/mol. The summed E-state index contributed by atoms with van der Waals surface area (Å²) in [5.74, 6) is 0. The molecule has 0 aliphatic rings. The van der Waals surface area contributed by atoms with E-state index in [9.17, 15) is 0 Å². The summed E-state index contributed by atoms with van der Waals surface area (Å²) >= 11 is 3.37. The third kappa shape index (κ3) is 8.13. The van der Waals surface area contributed by atoms with Gasteiger partial charge in [0.2, 0.25) is 0 Å². The molecular weight excluding hydrogens is 280 g/mol. The summed E-state index contributed by atoms with van der Waals surface area (Å²) in [5, 5.41) is 1.02. The van der Waals surface area contributed by atoms with E-state index in [0.29, 0.717) is 20.0 Å². The Morgan fingerprint density at radius 2 is 1.76 bits per heavy atom. The van der Waals surface area contributed by atoms with Gasteiger partial charge in [-0.3, -0.25) is 0 Å². The van der Waals surface area contributed by atoms with Gasteiger partial charge in [-0.2, -0.15) is 0 Å². The Kier molecular flexibility index (Phi) is 8.92. The predicted octanol–water partition coefficient (Wildman–Crippen LogP) is 3.91. The van der Waals surface area contributed by atoms with Crippen LogP contribution in [0.2, 0.25) is 0 Å². The van der Waals surface area contributed by atoms with Crippen molar-refractivity contribution in [1.82, 2.24) is 0 Å². The first-order chi connectivity index (χ1) is 8.43. The van der Waals surface area contributed by atoms with Crippen LogP contribution in [0.15, 0.2) is 42.5 Å². The molecule has 0 N–H and O–H groups in total. The molecule has 0 atom stereocenters. The molecule has 1 rings (SSSR count). The van der Waals surface area contributed by atoms with Gasteiger partial charge in [-0.25, -0.2) is 0 Å². The molecule has 0 amide bonds. The fraction of sp³-hybridized carbons (Fsp3) is 0.429. The second-order valence-corrected chi connectivity index (χ2v) is 4.39. The first-order valence-corrected chi connectivity index (χ1v) is 6.96. The molecule has 0 radical (unpaired) electrons. The van der Waals surface area contributed by atoms with Crippen LogP contribution in [0.1, 0.15) is 18.4 Å². The SMILES string of the molecule is BrCC/C=C\CCOCOCc1ccccc1. The van der Waals surface area contributed by atoms with Crippen molar-refractivity contribution in [3.63, 3.8) is 0 Å². The van der Waals surface area contributed by atoms with Crippen LogP contribution in [0.3, 0.4) is 0 Å². The van der Waals surface area contributed by atoms with Gasteiger partial charge >= 0.3 is 0 Å². The number of ether oxygens (including phenoxy) is 2. The van der Waals surface area contributed by atoms with E-state index in [1.807, 2.05) is 30.3 Å². The van der Waals surface area contributed by atoms with Crippen molar-refractivity contribution < 1.29 is 9.47 Å². The van der Waals surface area contributed by atoms with E-state index < -0.39 is 0 Å². The molecule has 94 valence electrons. The number of alkyl halides is 1. The van der Waals surface area contributed by atoms with Crippen molar-refractivity contribution in [1.29, 1.82) is 0 Å². The summed E-state index contributed by atoms with van der Waals surface area (Å²) in [7, 11) is 0. The first kappa shape index (κ1) is 14.4. The quantitative estimate of drug-likeness (QED) is 0.298. The molecule has 0 saturated carbocycles. The van der Waals surface area contributed by atoms with E-state index in [1.54, 1.807) is 0 Å². The lowest BCUT2D eigenvalue weighted by atomic mass is 10.2. The second kappa shape index (κ2) is 10.5. The Labute approximate surface area is 112 Å². The molecule has 17 heavy (non-hydrogen) atoms. The maximum Gasteiger partial charge on any atom is 0.147 e. The topological polar surface area (TPSA) is 18.5 Å². The number of halogens is 1. The van der Waals surface area contributed by atoms with Crippen molar-refractivity contribution in [2.24, 2.45) is 0 Å². The Hall–Kier alpha value is -0.640. The van der Waals surface area contributed by atoms with Gasteiger partial charge in [0.1, 0.15) is 6.79 Å². The molecule has 1 aromatic rings. The van der Waals surface area contributed by atoms with Gasteiger partial charge in [0.05, 0.1) is 13.2 Å². The highest BCUT2D eigenvalue weighted by molar-refractivity contribution is 9.09. The number of hydrogen-bond acceptors (Lipinski definition) is 2. The van der Waals surface area contributed by atoms with Crippen LogP contribution in [0.4, 0.5) is 0 Å². The van der Waals surface area contributed by atoms with E-state index in [-0.39, 0.29) is 0 Å². The highest BCUT2D eigenvalue weighted by atomic mass is 79.9. The molecule has 0 heterocycles. The zero-order valence-electron chi connectivity index (χ0n) is 9.98. The predicted molar refractivity (Wildman–Crippen MR) is 74.2 cm³/mol. The lowest BCUT2D eigenvalue weighted by Gasteiger charge is -2.04. The third-order valence-electron chi connectivity index (χ3n) is 2.15. The minimum Gasteiger partial charge on any atom is -0.355 e. The molecule has 3 heteroatoms. The molecule has 1 aromatic carbocycles. The Bertz CT molecular complexity index is 298. The highest BCUT2D eigenvalue weighted by Gasteiger charge is 1.91. The Morgan fingerprint density at radius 3 is 2.53 bits per heavy atom. The number of hydrogen-bond donors (Lipinski definition) is 0. The maximum atomic E-state index is 5.39.